The first-order valence-corrected chi connectivity index (χ1v) is 7.28. The molecule has 8 nitrogen and oxygen atoms in total. The van der Waals surface area contributed by atoms with Crippen LogP contribution in [0.3, 0.4) is 0 Å². The van der Waals surface area contributed by atoms with Crippen molar-refractivity contribution >= 4 is 12.1 Å². The number of nitrogens with zero attached hydrogens (tertiary/aromatic N) is 1. The maximum absolute atomic E-state index is 11.7. The molecular formula is C16H20N2O6. The zero-order valence-electron chi connectivity index (χ0n) is 13.5. The lowest BCUT2D eigenvalue weighted by Crippen LogP contribution is -2.31. The van der Waals surface area contributed by atoms with Crippen LogP contribution >= 0.6 is 0 Å². The summed E-state index contributed by atoms with van der Waals surface area (Å²) in [5, 5.41) is 22.0. The summed E-state index contributed by atoms with van der Waals surface area (Å²) in [4.78, 5) is 33.2. The third-order valence-electron chi connectivity index (χ3n) is 3.28. The smallest absolute Gasteiger partial charge is 0.412 e. The van der Waals surface area contributed by atoms with Crippen LogP contribution in [0.25, 0.3) is 0 Å². The number of nitrogens with one attached hydrogen (secondary N) is 1. The Morgan fingerprint density at radius 3 is 2.50 bits per heavy atom. The number of benzene rings is 1. The van der Waals surface area contributed by atoms with Gasteiger partial charge in [-0.25, -0.2) is 9.59 Å². The van der Waals surface area contributed by atoms with Crippen LogP contribution in [-0.2, 0) is 16.1 Å². The van der Waals surface area contributed by atoms with Gasteiger partial charge in [0.1, 0.15) is 12.3 Å². The molecule has 0 aliphatic carbocycles. The molecule has 8 heteroatoms. The number of allylic oxidation sites excluding steroid dienone is 1. The van der Waals surface area contributed by atoms with E-state index in [9.17, 15) is 19.7 Å². The second kappa shape index (κ2) is 8.66. The van der Waals surface area contributed by atoms with E-state index in [-0.39, 0.29) is 25.1 Å². The minimum Gasteiger partial charge on any atom is -0.477 e. The molecule has 1 rings (SSSR count). The molecule has 0 fully saturated rings. The van der Waals surface area contributed by atoms with Crippen molar-refractivity contribution < 1.29 is 24.4 Å². The van der Waals surface area contributed by atoms with Gasteiger partial charge in [-0.05, 0) is 12.0 Å². The molecular weight excluding hydrogens is 316 g/mol. The normalized spacial score (nSPS) is 11.7. The van der Waals surface area contributed by atoms with Gasteiger partial charge in [0, 0.05) is 25.2 Å². The van der Waals surface area contributed by atoms with Gasteiger partial charge in [0.05, 0.1) is 0 Å². The van der Waals surface area contributed by atoms with E-state index in [0.29, 0.717) is 0 Å². The van der Waals surface area contributed by atoms with Gasteiger partial charge < -0.3 is 9.84 Å². The number of alkyl carbamates (subject to hydrolysis) is 1. The number of carbonyl (C=O) groups is 2. The Kier molecular flexibility index (Phi) is 6.91. The summed E-state index contributed by atoms with van der Waals surface area (Å²) in [6.45, 7) is 2.90. The molecule has 1 aromatic carbocycles. The summed E-state index contributed by atoms with van der Waals surface area (Å²) in [5.74, 6) is -1.34. The van der Waals surface area contributed by atoms with Crippen molar-refractivity contribution in [2.45, 2.75) is 38.8 Å². The standard InChI is InChI=1S/C16H20N2O6/c1-16(2,18(22)23)10-6-9-13(14(19)20)17-15(21)24-11-12-7-4-3-5-8-12/h3-5,7-9H,6,10-11H2,1-2H3,(H,17,21)(H,19,20)/b13-9-. The topological polar surface area (TPSA) is 119 Å². The number of ether oxygens (including phenoxy) is 1. The average molecular weight is 336 g/mol. The molecule has 0 aromatic heterocycles. The predicted octanol–water partition coefficient (Wildman–Crippen LogP) is 2.72. The lowest BCUT2D eigenvalue weighted by Gasteiger charge is -2.14. The SMILES string of the molecule is CC(C)(CC/C=C(\NC(=O)OCc1ccccc1)C(=O)O)[N+](=O)[O-]. The van der Waals surface area contributed by atoms with Crippen LogP contribution in [0.1, 0.15) is 32.3 Å². The highest BCUT2D eigenvalue weighted by molar-refractivity contribution is 5.90. The Bertz CT molecular complexity index is 625. The van der Waals surface area contributed by atoms with Crippen molar-refractivity contribution in [1.82, 2.24) is 5.32 Å². The van der Waals surface area contributed by atoms with Crippen molar-refractivity contribution in [3.63, 3.8) is 0 Å². The summed E-state index contributed by atoms with van der Waals surface area (Å²) in [6, 6.07) is 8.93. The monoisotopic (exact) mass is 336 g/mol. The first kappa shape index (κ1) is 19.1. The second-order valence-corrected chi connectivity index (χ2v) is 5.72. The van der Waals surface area contributed by atoms with Gasteiger partial charge in [-0.2, -0.15) is 0 Å². The van der Waals surface area contributed by atoms with E-state index in [0.717, 1.165) is 5.56 Å². The van der Waals surface area contributed by atoms with E-state index in [1.165, 1.54) is 19.9 Å². The number of amides is 1. The number of nitro groups is 1. The number of carbonyl (C=O) groups excluding carboxylic acids is 1. The van der Waals surface area contributed by atoms with Crippen LogP contribution in [0.4, 0.5) is 4.79 Å². The van der Waals surface area contributed by atoms with E-state index in [4.69, 9.17) is 9.84 Å². The fourth-order valence-electron chi connectivity index (χ4n) is 1.72. The highest BCUT2D eigenvalue weighted by Gasteiger charge is 2.29. The summed E-state index contributed by atoms with van der Waals surface area (Å²) < 4.78 is 4.93. The van der Waals surface area contributed by atoms with E-state index in [1.54, 1.807) is 24.3 Å². The van der Waals surface area contributed by atoms with E-state index >= 15 is 0 Å². The van der Waals surface area contributed by atoms with Crippen LogP contribution in [0.2, 0.25) is 0 Å². The minimum atomic E-state index is -1.34. The van der Waals surface area contributed by atoms with Crippen molar-refractivity contribution in [1.29, 1.82) is 0 Å². The predicted molar refractivity (Wildman–Crippen MR) is 85.8 cm³/mol. The van der Waals surface area contributed by atoms with E-state index < -0.39 is 22.5 Å². The molecule has 0 saturated heterocycles. The maximum atomic E-state index is 11.7. The zero-order valence-corrected chi connectivity index (χ0v) is 13.5. The molecule has 0 aliphatic rings. The third-order valence-corrected chi connectivity index (χ3v) is 3.28. The molecule has 130 valence electrons. The number of hydrogen-bond acceptors (Lipinski definition) is 5. The largest absolute Gasteiger partial charge is 0.477 e. The molecule has 0 heterocycles. The lowest BCUT2D eigenvalue weighted by molar-refractivity contribution is -0.561. The summed E-state index contributed by atoms with van der Waals surface area (Å²) in [5.41, 5.74) is -0.776. The van der Waals surface area contributed by atoms with E-state index in [2.05, 4.69) is 5.32 Å². The lowest BCUT2D eigenvalue weighted by atomic mass is 9.99. The highest BCUT2D eigenvalue weighted by Crippen LogP contribution is 2.16. The molecule has 0 spiro atoms. The Hall–Kier alpha value is -2.90. The van der Waals surface area contributed by atoms with Crippen LogP contribution < -0.4 is 5.32 Å². The van der Waals surface area contributed by atoms with Gasteiger partial charge in [0.25, 0.3) is 0 Å². The van der Waals surface area contributed by atoms with Gasteiger partial charge in [0.2, 0.25) is 5.54 Å². The Labute approximate surface area is 139 Å². The Morgan fingerprint density at radius 1 is 1.33 bits per heavy atom. The highest BCUT2D eigenvalue weighted by atomic mass is 16.6. The second-order valence-electron chi connectivity index (χ2n) is 5.72. The van der Waals surface area contributed by atoms with Gasteiger partial charge in [0.15, 0.2) is 0 Å². The molecule has 0 bridgehead atoms. The molecule has 0 atom stereocenters. The fourth-order valence-corrected chi connectivity index (χ4v) is 1.72. The molecule has 2 N–H and O–H groups in total. The van der Waals surface area contributed by atoms with Gasteiger partial charge in [-0.1, -0.05) is 36.4 Å². The maximum Gasteiger partial charge on any atom is 0.412 e. The molecule has 1 aromatic rings. The zero-order chi connectivity index (χ0) is 18.2. The summed E-state index contributed by atoms with van der Waals surface area (Å²) in [7, 11) is 0. The van der Waals surface area contributed by atoms with Crippen LogP contribution in [0.5, 0.6) is 0 Å². The number of carboxylic acid groups (broad SMARTS) is 1. The number of carboxylic acids is 1. The fraction of sp³-hybridized carbons (Fsp3) is 0.375. The molecule has 0 radical (unpaired) electrons. The average Bonchev–Trinajstić information content (AvgIpc) is 2.52. The van der Waals surface area contributed by atoms with Crippen molar-refractivity contribution in [3.05, 3.63) is 57.8 Å². The third kappa shape index (κ3) is 6.47. The number of aliphatic carboxylic acids is 1. The summed E-state index contributed by atoms with van der Waals surface area (Å²) in [6.07, 6.45) is 0.602. The van der Waals surface area contributed by atoms with Gasteiger partial charge in [-0.3, -0.25) is 15.4 Å². The van der Waals surface area contributed by atoms with Crippen molar-refractivity contribution in [2.75, 3.05) is 0 Å². The minimum absolute atomic E-state index is 0.00786. The number of hydrogen-bond donors (Lipinski definition) is 2. The van der Waals surface area contributed by atoms with Crippen molar-refractivity contribution in [3.8, 4) is 0 Å². The molecule has 0 saturated carbocycles. The summed E-state index contributed by atoms with van der Waals surface area (Å²) >= 11 is 0. The molecule has 0 unspecified atom stereocenters. The first-order valence-electron chi connectivity index (χ1n) is 7.28. The van der Waals surface area contributed by atoms with E-state index in [1.807, 2.05) is 6.07 Å². The van der Waals surface area contributed by atoms with Crippen LogP contribution in [0, 0.1) is 10.1 Å². The molecule has 24 heavy (non-hydrogen) atoms. The quantitative estimate of drug-likeness (QED) is 0.428. The first-order chi connectivity index (χ1) is 11.2. The van der Waals surface area contributed by atoms with Gasteiger partial charge >= 0.3 is 12.1 Å². The van der Waals surface area contributed by atoms with Gasteiger partial charge in [-0.15, -0.1) is 0 Å². The molecule has 0 aliphatic heterocycles. The van der Waals surface area contributed by atoms with Crippen LogP contribution in [-0.4, -0.2) is 27.6 Å². The van der Waals surface area contributed by atoms with Crippen LogP contribution in [0.15, 0.2) is 42.1 Å². The Morgan fingerprint density at radius 2 is 1.96 bits per heavy atom. The van der Waals surface area contributed by atoms with Crippen molar-refractivity contribution in [2.24, 2.45) is 0 Å². The Balaban J connectivity index is 2.55. The molecule has 1 amide bonds. The number of rotatable bonds is 8.